The number of hydrogen-bond acceptors (Lipinski definition) is 9. The summed E-state index contributed by atoms with van der Waals surface area (Å²) in [5.74, 6) is 6.54. The quantitative estimate of drug-likeness (QED) is 0.102. The molecule has 5 N–H and O–H groups in total. The fraction of sp³-hybridized carbons (Fsp3) is 0.281. The molecule has 1 aliphatic heterocycles. The van der Waals surface area contributed by atoms with Gasteiger partial charge in [-0.25, -0.2) is 15.1 Å². The topological polar surface area (TPSA) is 123 Å². The van der Waals surface area contributed by atoms with Crippen LogP contribution in [0.3, 0.4) is 0 Å². The van der Waals surface area contributed by atoms with Crippen LogP contribution >= 0.6 is 11.9 Å². The first-order valence-electron chi connectivity index (χ1n) is 14.0. The van der Waals surface area contributed by atoms with Gasteiger partial charge >= 0.3 is 0 Å². The summed E-state index contributed by atoms with van der Waals surface area (Å²) < 4.78 is 8.17. The minimum atomic E-state index is -0.227. The number of aromatic nitrogens is 2. The van der Waals surface area contributed by atoms with Crippen LogP contribution in [-0.2, 0) is 11.3 Å². The SMILES string of the molecule is CCN(N)c1ccc(C(CC(=O)Nc2cccnc2)c2ccc(C)c(CN3CCOc4ncccc4S3)c2)c(C)c1N. The highest BCUT2D eigenvalue weighted by Crippen LogP contribution is 2.38. The van der Waals surface area contributed by atoms with Gasteiger partial charge in [0, 0.05) is 44.4 Å². The van der Waals surface area contributed by atoms with Gasteiger partial charge in [-0.1, -0.05) is 24.3 Å². The third-order valence-corrected chi connectivity index (χ3v) is 8.64. The number of fused-ring (bicyclic) bond motifs is 1. The van der Waals surface area contributed by atoms with Gasteiger partial charge in [-0.2, -0.15) is 0 Å². The van der Waals surface area contributed by atoms with Crippen molar-refractivity contribution < 1.29 is 9.53 Å². The van der Waals surface area contributed by atoms with Crippen molar-refractivity contribution in [3.63, 3.8) is 0 Å². The summed E-state index contributed by atoms with van der Waals surface area (Å²) in [4.78, 5) is 22.9. The molecule has 10 heteroatoms. The number of nitrogens with zero attached hydrogens (tertiary/aromatic N) is 4. The maximum absolute atomic E-state index is 13.4. The first kappa shape index (κ1) is 29.4. The smallest absolute Gasteiger partial charge is 0.228 e. The van der Waals surface area contributed by atoms with Crippen molar-refractivity contribution >= 4 is 34.9 Å². The number of hydrogen-bond donors (Lipinski definition) is 3. The van der Waals surface area contributed by atoms with E-state index in [9.17, 15) is 4.79 Å². The Balaban J connectivity index is 1.48. The molecule has 9 nitrogen and oxygen atoms in total. The zero-order valence-electron chi connectivity index (χ0n) is 24.2. The fourth-order valence-corrected chi connectivity index (χ4v) is 6.11. The van der Waals surface area contributed by atoms with Crippen molar-refractivity contribution in [2.75, 3.05) is 35.8 Å². The number of benzene rings is 2. The molecule has 0 fully saturated rings. The Morgan fingerprint density at radius 2 is 2.00 bits per heavy atom. The molecule has 0 saturated heterocycles. The Kier molecular flexibility index (Phi) is 9.26. The van der Waals surface area contributed by atoms with Gasteiger partial charge in [-0.3, -0.25) is 9.78 Å². The highest BCUT2D eigenvalue weighted by Gasteiger charge is 2.24. The molecule has 3 heterocycles. The molecule has 5 rings (SSSR count). The number of amides is 1. The van der Waals surface area contributed by atoms with E-state index < -0.39 is 0 Å². The lowest BCUT2D eigenvalue weighted by Crippen LogP contribution is -2.31. The summed E-state index contributed by atoms with van der Waals surface area (Å²) in [7, 11) is 0. The molecule has 0 saturated carbocycles. The van der Waals surface area contributed by atoms with E-state index >= 15 is 0 Å². The average Bonchev–Trinajstić information content (AvgIpc) is 3.20. The van der Waals surface area contributed by atoms with Crippen LogP contribution in [-0.4, -0.2) is 39.9 Å². The van der Waals surface area contributed by atoms with Crippen LogP contribution in [0.5, 0.6) is 5.88 Å². The minimum absolute atomic E-state index is 0.101. The summed E-state index contributed by atoms with van der Waals surface area (Å²) in [6, 6.07) is 18.1. The second-order valence-electron chi connectivity index (χ2n) is 10.3. The molecule has 0 bridgehead atoms. The van der Waals surface area contributed by atoms with E-state index in [1.807, 2.05) is 44.2 Å². The molecule has 1 amide bonds. The Morgan fingerprint density at radius 1 is 1.17 bits per heavy atom. The fourth-order valence-electron chi connectivity index (χ4n) is 5.13. The number of hydrazine groups is 1. The molecule has 1 aliphatic rings. The predicted molar refractivity (Wildman–Crippen MR) is 169 cm³/mol. The number of carbonyl (C=O) groups is 1. The van der Waals surface area contributed by atoms with Gasteiger partial charge in [0.2, 0.25) is 11.8 Å². The van der Waals surface area contributed by atoms with Gasteiger partial charge < -0.3 is 20.8 Å². The number of carbonyl (C=O) groups excluding carboxylic acids is 1. The normalized spacial score (nSPS) is 13.9. The second kappa shape index (κ2) is 13.2. The number of aryl methyl sites for hydroxylation is 1. The molecular weight excluding hydrogens is 546 g/mol. The first-order valence-corrected chi connectivity index (χ1v) is 14.8. The lowest BCUT2D eigenvalue weighted by atomic mass is 9.83. The van der Waals surface area contributed by atoms with E-state index in [1.54, 1.807) is 41.6 Å². The summed E-state index contributed by atoms with van der Waals surface area (Å²) >= 11 is 1.66. The van der Waals surface area contributed by atoms with E-state index in [-0.39, 0.29) is 18.2 Å². The third-order valence-electron chi connectivity index (χ3n) is 7.56. The van der Waals surface area contributed by atoms with E-state index in [4.69, 9.17) is 16.3 Å². The highest BCUT2D eigenvalue weighted by atomic mass is 32.2. The standard InChI is InChI=1S/C32H37N7O2S/c1-4-39(34)28-12-11-26(22(3)31(28)33)27(18-30(40)37-25-7-5-13-35-19-25)23-10-9-21(2)24(17-23)20-38-15-16-41-32-29(42-38)8-6-14-36-32/h5-14,17,19,27H,4,15-16,18,20,33-34H2,1-3H3,(H,37,40). The molecule has 1 unspecified atom stereocenters. The molecule has 0 aliphatic carbocycles. The van der Waals surface area contributed by atoms with E-state index in [1.165, 1.54) is 11.1 Å². The maximum atomic E-state index is 13.4. The molecule has 1 atom stereocenters. The lowest BCUT2D eigenvalue weighted by molar-refractivity contribution is -0.116. The summed E-state index contributed by atoms with van der Waals surface area (Å²) in [6.07, 6.45) is 5.32. The molecule has 0 radical (unpaired) electrons. The maximum Gasteiger partial charge on any atom is 0.228 e. The summed E-state index contributed by atoms with van der Waals surface area (Å²) in [5.41, 5.74) is 14.0. The number of anilines is 3. The zero-order valence-corrected chi connectivity index (χ0v) is 25.0. The molecule has 2 aromatic carbocycles. The van der Waals surface area contributed by atoms with Crippen molar-refractivity contribution in [2.45, 2.75) is 44.6 Å². The van der Waals surface area contributed by atoms with E-state index in [2.05, 4.69) is 44.7 Å². The van der Waals surface area contributed by atoms with E-state index in [0.717, 1.165) is 40.4 Å². The molecule has 218 valence electrons. The number of ether oxygens (including phenoxy) is 1. The van der Waals surface area contributed by atoms with Crippen LogP contribution < -0.4 is 26.6 Å². The number of nitrogen functional groups attached to an aromatic ring is 1. The van der Waals surface area contributed by atoms with Crippen LogP contribution in [0.25, 0.3) is 0 Å². The number of pyridine rings is 2. The Hall–Kier alpha value is -4.12. The number of nitrogens with two attached hydrogens (primary N) is 2. The van der Waals surface area contributed by atoms with Crippen LogP contribution in [0.4, 0.5) is 17.1 Å². The van der Waals surface area contributed by atoms with Crippen molar-refractivity contribution in [1.29, 1.82) is 0 Å². The van der Waals surface area contributed by atoms with Gasteiger partial charge in [-0.15, -0.1) is 0 Å². The third kappa shape index (κ3) is 6.67. The lowest BCUT2D eigenvalue weighted by Gasteiger charge is -2.26. The molecular formula is C32H37N7O2S. The zero-order chi connectivity index (χ0) is 29.6. The Bertz CT molecular complexity index is 1550. The monoisotopic (exact) mass is 583 g/mol. The van der Waals surface area contributed by atoms with Crippen LogP contribution in [0.15, 0.2) is 78.1 Å². The largest absolute Gasteiger partial charge is 0.475 e. The molecule has 0 spiro atoms. The van der Waals surface area contributed by atoms with Crippen molar-refractivity contribution in [1.82, 2.24) is 14.3 Å². The molecule has 2 aromatic heterocycles. The summed E-state index contributed by atoms with van der Waals surface area (Å²) in [6.45, 7) is 8.76. The van der Waals surface area contributed by atoms with Crippen LogP contribution in [0.2, 0.25) is 0 Å². The number of nitrogens with one attached hydrogen (secondary N) is 1. The van der Waals surface area contributed by atoms with Crippen molar-refractivity contribution in [2.24, 2.45) is 5.84 Å². The average molecular weight is 584 g/mol. The highest BCUT2D eigenvalue weighted by molar-refractivity contribution is 7.97. The molecule has 42 heavy (non-hydrogen) atoms. The van der Waals surface area contributed by atoms with Crippen molar-refractivity contribution in [3.05, 3.63) is 101 Å². The summed E-state index contributed by atoms with van der Waals surface area (Å²) in [5, 5.41) is 4.64. The van der Waals surface area contributed by atoms with Crippen LogP contribution in [0.1, 0.15) is 47.1 Å². The Labute approximate surface area is 251 Å². The van der Waals surface area contributed by atoms with E-state index in [0.29, 0.717) is 30.4 Å². The van der Waals surface area contributed by atoms with Crippen molar-refractivity contribution in [3.8, 4) is 5.88 Å². The molecule has 4 aromatic rings. The van der Waals surface area contributed by atoms with Gasteiger partial charge in [0.15, 0.2) is 0 Å². The van der Waals surface area contributed by atoms with Gasteiger partial charge in [0.25, 0.3) is 0 Å². The van der Waals surface area contributed by atoms with Crippen LogP contribution in [0, 0.1) is 13.8 Å². The number of rotatable bonds is 9. The predicted octanol–water partition coefficient (Wildman–Crippen LogP) is 5.44. The Morgan fingerprint density at radius 3 is 2.79 bits per heavy atom. The van der Waals surface area contributed by atoms with Gasteiger partial charge in [0.05, 0.1) is 28.2 Å². The minimum Gasteiger partial charge on any atom is -0.475 e. The first-order chi connectivity index (χ1) is 20.3. The van der Waals surface area contributed by atoms with Gasteiger partial charge in [0.1, 0.15) is 6.61 Å². The second-order valence-corrected chi connectivity index (χ2v) is 11.5. The van der Waals surface area contributed by atoms with Gasteiger partial charge in [-0.05, 0) is 90.9 Å².